The average Bonchev–Trinajstić information content (AvgIpc) is 3.11. The summed E-state index contributed by atoms with van der Waals surface area (Å²) in [4.78, 5) is 8.71. The van der Waals surface area contributed by atoms with Crippen molar-refractivity contribution >= 4 is 33.1 Å². The number of aromatic nitrogens is 4. The molecule has 1 unspecified atom stereocenters. The molecular formula is C20H20ClN5O2S. The van der Waals surface area contributed by atoms with Gasteiger partial charge in [0.2, 0.25) is 0 Å². The molecule has 29 heavy (non-hydrogen) atoms. The molecular weight excluding hydrogens is 410 g/mol. The molecule has 0 saturated carbocycles. The van der Waals surface area contributed by atoms with Crippen LogP contribution in [-0.4, -0.2) is 34.4 Å². The molecule has 0 radical (unpaired) electrons. The second-order valence-electron chi connectivity index (χ2n) is 6.57. The molecule has 0 bridgehead atoms. The molecule has 2 N–H and O–H groups in total. The van der Waals surface area contributed by atoms with Crippen LogP contribution < -0.4 is 5.73 Å². The summed E-state index contributed by atoms with van der Waals surface area (Å²) in [6, 6.07) is 16.1. The Labute approximate surface area is 174 Å². The van der Waals surface area contributed by atoms with E-state index in [0.29, 0.717) is 17.8 Å². The zero-order chi connectivity index (χ0) is 19.7. The van der Waals surface area contributed by atoms with Crippen LogP contribution in [-0.2, 0) is 16.3 Å². The van der Waals surface area contributed by atoms with Crippen LogP contribution in [0, 0.1) is 0 Å². The molecule has 0 fully saturated rings. The minimum atomic E-state index is -3.38. The number of halogens is 1. The number of fused-ring (bicyclic) bond motifs is 1. The first-order valence-corrected chi connectivity index (χ1v) is 10.6. The van der Waals surface area contributed by atoms with E-state index in [1.54, 1.807) is 24.5 Å². The van der Waals surface area contributed by atoms with E-state index in [2.05, 4.69) is 15.1 Å². The molecule has 0 amide bonds. The lowest BCUT2D eigenvalue weighted by Gasteiger charge is -2.16. The fraction of sp³-hybridized carbons (Fsp3) is 0.150. The van der Waals surface area contributed by atoms with Gasteiger partial charge in [0.05, 0.1) is 29.1 Å². The summed E-state index contributed by atoms with van der Waals surface area (Å²) in [7, 11) is -3.38. The lowest BCUT2D eigenvalue weighted by Crippen LogP contribution is -2.19. The van der Waals surface area contributed by atoms with Gasteiger partial charge < -0.3 is 5.73 Å². The molecule has 4 aromatic rings. The summed E-state index contributed by atoms with van der Waals surface area (Å²) in [5, 5.41) is 5.55. The lowest BCUT2D eigenvalue weighted by molar-refractivity contribution is 0.596. The largest absolute Gasteiger partial charge is 0.322 e. The lowest BCUT2D eigenvalue weighted by atomic mass is 10.1. The number of rotatable bonds is 5. The fourth-order valence-corrected chi connectivity index (χ4v) is 3.75. The molecule has 3 aromatic heterocycles. The highest BCUT2D eigenvalue weighted by molar-refractivity contribution is 7.90. The van der Waals surface area contributed by atoms with Crippen molar-refractivity contribution in [3.8, 4) is 5.69 Å². The second kappa shape index (κ2) is 8.28. The Hall–Kier alpha value is -2.81. The maximum Gasteiger partial charge on any atom is 0.192 e. The van der Waals surface area contributed by atoms with E-state index >= 15 is 0 Å². The van der Waals surface area contributed by atoms with Crippen molar-refractivity contribution in [1.82, 2.24) is 19.7 Å². The topological polar surface area (TPSA) is 104 Å². The Kier molecular flexibility index (Phi) is 5.97. The van der Waals surface area contributed by atoms with Gasteiger partial charge in [0.15, 0.2) is 14.9 Å². The molecule has 3 heterocycles. The van der Waals surface area contributed by atoms with Gasteiger partial charge in [-0.15, -0.1) is 12.4 Å². The van der Waals surface area contributed by atoms with Gasteiger partial charge in [-0.25, -0.2) is 18.1 Å². The van der Waals surface area contributed by atoms with Gasteiger partial charge in [-0.1, -0.05) is 24.3 Å². The number of pyridine rings is 2. The van der Waals surface area contributed by atoms with Crippen molar-refractivity contribution in [3.63, 3.8) is 0 Å². The summed E-state index contributed by atoms with van der Waals surface area (Å²) < 4.78 is 25.3. The van der Waals surface area contributed by atoms with E-state index in [0.717, 1.165) is 22.8 Å². The number of sulfone groups is 1. The van der Waals surface area contributed by atoms with Crippen molar-refractivity contribution < 1.29 is 8.42 Å². The van der Waals surface area contributed by atoms with Crippen LogP contribution in [0.15, 0.2) is 72.0 Å². The Bertz CT molecular complexity index is 1260. The van der Waals surface area contributed by atoms with E-state index in [4.69, 9.17) is 5.73 Å². The number of nitrogens with two attached hydrogens (primary N) is 1. The number of hydrogen-bond acceptors (Lipinski definition) is 6. The second-order valence-corrected chi connectivity index (χ2v) is 8.54. The highest BCUT2D eigenvalue weighted by Crippen LogP contribution is 2.24. The van der Waals surface area contributed by atoms with Crippen LogP contribution in [0.2, 0.25) is 0 Å². The van der Waals surface area contributed by atoms with Crippen molar-refractivity contribution in [3.05, 3.63) is 78.4 Å². The number of nitrogens with zero attached hydrogens (tertiary/aromatic N) is 4. The summed E-state index contributed by atoms with van der Waals surface area (Å²) in [6.45, 7) is 0. The van der Waals surface area contributed by atoms with Gasteiger partial charge in [-0.2, -0.15) is 5.10 Å². The minimum absolute atomic E-state index is 0. The van der Waals surface area contributed by atoms with Crippen LogP contribution >= 0.6 is 12.4 Å². The van der Waals surface area contributed by atoms with Crippen LogP contribution in [0.5, 0.6) is 0 Å². The van der Waals surface area contributed by atoms with Gasteiger partial charge in [-0.05, 0) is 30.3 Å². The minimum Gasteiger partial charge on any atom is -0.322 e. The Morgan fingerprint density at radius 1 is 1.07 bits per heavy atom. The monoisotopic (exact) mass is 429 g/mol. The standard InChI is InChI=1S/C20H19N5O2S.ClH/c1-28(26,27)19-10-4-7-15(24-19)12-16(21)20-18(9-5-11-22-20)25-17-8-3-2-6-14(17)13-23-25;/h2-11,13,16H,12,21H2,1H3;1H. The first-order valence-electron chi connectivity index (χ1n) is 8.73. The first-order chi connectivity index (χ1) is 13.4. The molecule has 0 aliphatic carbocycles. The highest BCUT2D eigenvalue weighted by Gasteiger charge is 2.18. The summed E-state index contributed by atoms with van der Waals surface area (Å²) in [5.41, 5.74) is 9.46. The Morgan fingerprint density at radius 2 is 1.86 bits per heavy atom. The van der Waals surface area contributed by atoms with Gasteiger partial charge >= 0.3 is 0 Å². The Morgan fingerprint density at radius 3 is 2.66 bits per heavy atom. The third kappa shape index (κ3) is 4.29. The van der Waals surface area contributed by atoms with Crippen LogP contribution in [0.25, 0.3) is 16.6 Å². The molecule has 9 heteroatoms. The summed E-state index contributed by atoms with van der Waals surface area (Å²) in [6.07, 6.45) is 4.98. The average molecular weight is 430 g/mol. The molecule has 0 spiro atoms. The predicted molar refractivity (Wildman–Crippen MR) is 114 cm³/mol. The van der Waals surface area contributed by atoms with Crippen molar-refractivity contribution in [2.45, 2.75) is 17.5 Å². The van der Waals surface area contributed by atoms with Crippen molar-refractivity contribution in [1.29, 1.82) is 0 Å². The summed E-state index contributed by atoms with van der Waals surface area (Å²) >= 11 is 0. The summed E-state index contributed by atoms with van der Waals surface area (Å²) in [5.74, 6) is 0. The van der Waals surface area contributed by atoms with Crippen molar-refractivity contribution in [2.24, 2.45) is 5.73 Å². The van der Waals surface area contributed by atoms with Crippen LogP contribution in [0.1, 0.15) is 17.4 Å². The van der Waals surface area contributed by atoms with Gasteiger partial charge in [0.25, 0.3) is 0 Å². The third-order valence-corrected chi connectivity index (χ3v) is 5.45. The first kappa shape index (κ1) is 20.9. The van der Waals surface area contributed by atoms with Gasteiger partial charge in [0, 0.05) is 30.0 Å². The fourth-order valence-electron chi connectivity index (χ4n) is 3.14. The smallest absolute Gasteiger partial charge is 0.192 e. The number of para-hydroxylation sites is 1. The quantitative estimate of drug-likeness (QED) is 0.523. The molecule has 0 aliphatic rings. The normalized spacial score (nSPS) is 12.5. The predicted octanol–water partition coefficient (Wildman–Crippen LogP) is 2.88. The SMILES string of the molecule is CS(=O)(=O)c1cccc(CC(N)c2ncccc2-n2ncc3ccccc32)n1.Cl. The van der Waals surface area contributed by atoms with Crippen LogP contribution in [0.3, 0.4) is 0 Å². The van der Waals surface area contributed by atoms with Gasteiger partial charge in [-0.3, -0.25) is 4.98 Å². The molecule has 0 saturated heterocycles. The molecule has 4 rings (SSSR count). The van der Waals surface area contributed by atoms with E-state index in [9.17, 15) is 8.42 Å². The van der Waals surface area contributed by atoms with Crippen molar-refractivity contribution in [2.75, 3.05) is 6.26 Å². The van der Waals surface area contributed by atoms with E-state index < -0.39 is 15.9 Å². The molecule has 7 nitrogen and oxygen atoms in total. The molecule has 1 aromatic carbocycles. The van der Waals surface area contributed by atoms with E-state index in [1.807, 2.05) is 41.1 Å². The van der Waals surface area contributed by atoms with E-state index in [-0.39, 0.29) is 17.4 Å². The highest BCUT2D eigenvalue weighted by atomic mass is 35.5. The zero-order valence-electron chi connectivity index (χ0n) is 15.6. The zero-order valence-corrected chi connectivity index (χ0v) is 17.3. The van der Waals surface area contributed by atoms with E-state index in [1.165, 1.54) is 6.07 Å². The maximum atomic E-state index is 11.8. The molecule has 150 valence electrons. The Balaban J connectivity index is 0.00000240. The number of benzene rings is 1. The van der Waals surface area contributed by atoms with Gasteiger partial charge in [0.1, 0.15) is 0 Å². The maximum absolute atomic E-state index is 11.8. The molecule has 0 aliphatic heterocycles. The number of hydrogen-bond donors (Lipinski definition) is 1. The van der Waals surface area contributed by atoms with Crippen LogP contribution in [0.4, 0.5) is 0 Å². The molecule has 1 atom stereocenters. The third-order valence-electron chi connectivity index (χ3n) is 4.46.